The molecule has 3 heterocycles. The van der Waals surface area contributed by atoms with Crippen LogP contribution in [-0.4, -0.2) is 22.1 Å². The molecule has 5 rings (SSSR count). The minimum absolute atomic E-state index is 0.171. The molecule has 0 spiro atoms. The monoisotopic (exact) mass is 489 g/mol. The fourth-order valence-corrected chi connectivity index (χ4v) is 5.25. The number of nitro groups is 1. The number of hydrogen-bond acceptors (Lipinski definition) is 8. The van der Waals surface area contributed by atoms with Crippen molar-refractivity contribution in [2.75, 3.05) is 6.61 Å². The predicted molar refractivity (Wildman–Crippen MR) is 130 cm³/mol. The molecule has 176 valence electrons. The van der Waals surface area contributed by atoms with Crippen LogP contribution in [0.4, 0.5) is 5.88 Å². The standard InChI is InChI=1S/C25H19N3O6S/c1-3-33-24(30)21-14(2)26-25-27(22(21)18-10-6-8-15-7-4-5-9-17(15)18)23(29)19(35-25)13-16-11-12-20(34-16)28(31)32/h4-13,22H,3H2,1-2H3/b19-13-. The number of carbonyl (C=O) groups excluding carboxylic acids is 1. The molecule has 1 aliphatic heterocycles. The van der Waals surface area contributed by atoms with Gasteiger partial charge >= 0.3 is 11.9 Å². The summed E-state index contributed by atoms with van der Waals surface area (Å²) in [6, 6.07) is 15.4. The van der Waals surface area contributed by atoms with E-state index in [1.807, 2.05) is 42.5 Å². The molecule has 0 bridgehead atoms. The molecule has 0 amide bonds. The molecule has 0 aliphatic carbocycles. The maximum Gasteiger partial charge on any atom is 0.433 e. The second-order valence-corrected chi connectivity index (χ2v) is 8.81. The van der Waals surface area contributed by atoms with Gasteiger partial charge in [0, 0.05) is 6.08 Å². The van der Waals surface area contributed by atoms with Gasteiger partial charge in [-0.3, -0.25) is 19.5 Å². The smallest absolute Gasteiger partial charge is 0.433 e. The number of fused-ring (bicyclic) bond motifs is 2. The van der Waals surface area contributed by atoms with Gasteiger partial charge in [0.15, 0.2) is 4.80 Å². The zero-order valence-corrected chi connectivity index (χ0v) is 19.6. The lowest BCUT2D eigenvalue weighted by Gasteiger charge is -2.25. The van der Waals surface area contributed by atoms with E-state index in [2.05, 4.69) is 4.99 Å². The number of thiazole rings is 1. The van der Waals surface area contributed by atoms with Crippen LogP contribution in [0.2, 0.25) is 0 Å². The van der Waals surface area contributed by atoms with Crippen LogP contribution >= 0.6 is 11.3 Å². The Bertz CT molecular complexity index is 1700. The molecule has 2 aromatic heterocycles. The van der Waals surface area contributed by atoms with E-state index in [0.29, 0.717) is 10.5 Å². The largest absolute Gasteiger partial charge is 0.463 e. The van der Waals surface area contributed by atoms with Crippen LogP contribution in [-0.2, 0) is 9.53 Å². The van der Waals surface area contributed by atoms with Gasteiger partial charge in [-0.1, -0.05) is 53.8 Å². The highest BCUT2D eigenvalue weighted by molar-refractivity contribution is 7.07. The van der Waals surface area contributed by atoms with E-state index >= 15 is 0 Å². The Labute approximate surface area is 202 Å². The Kier molecular flexibility index (Phi) is 5.65. The van der Waals surface area contributed by atoms with Crippen LogP contribution in [0.5, 0.6) is 0 Å². The van der Waals surface area contributed by atoms with Gasteiger partial charge < -0.3 is 9.15 Å². The van der Waals surface area contributed by atoms with Crippen LogP contribution in [0, 0.1) is 10.1 Å². The number of hydrogen-bond donors (Lipinski definition) is 0. The summed E-state index contributed by atoms with van der Waals surface area (Å²) in [6.07, 6.45) is 1.44. The van der Waals surface area contributed by atoms with Crippen LogP contribution < -0.4 is 14.9 Å². The third kappa shape index (κ3) is 3.87. The van der Waals surface area contributed by atoms with Gasteiger partial charge in [0.05, 0.1) is 34.5 Å². The molecule has 1 unspecified atom stereocenters. The Morgan fingerprint density at radius 2 is 2.00 bits per heavy atom. The van der Waals surface area contributed by atoms with Gasteiger partial charge in [-0.05, 0) is 36.2 Å². The number of esters is 1. The minimum Gasteiger partial charge on any atom is -0.463 e. The maximum atomic E-state index is 13.6. The molecular formula is C25H19N3O6S. The van der Waals surface area contributed by atoms with Crippen molar-refractivity contribution in [1.82, 2.24) is 4.57 Å². The van der Waals surface area contributed by atoms with Crippen molar-refractivity contribution in [3.63, 3.8) is 0 Å². The average Bonchev–Trinajstić information content (AvgIpc) is 3.43. The van der Waals surface area contributed by atoms with Gasteiger partial charge in [0.25, 0.3) is 5.56 Å². The molecule has 9 nitrogen and oxygen atoms in total. The fourth-order valence-electron chi connectivity index (χ4n) is 4.22. The first kappa shape index (κ1) is 22.5. The van der Waals surface area contributed by atoms with Crippen molar-refractivity contribution in [2.45, 2.75) is 19.9 Å². The zero-order chi connectivity index (χ0) is 24.7. The first-order valence-electron chi connectivity index (χ1n) is 10.8. The number of allylic oxidation sites excluding steroid dienone is 1. The first-order chi connectivity index (χ1) is 16.9. The van der Waals surface area contributed by atoms with Crippen molar-refractivity contribution in [1.29, 1.82) is 0 Å². The fraction of sp³-hybridized carbons (Fsp3) is 0.160. The zero-order valence-electron chi connectivity index (χ0n) is 18.8. The van der Waals surface area contributed by atoms with Crippen molar-refractivity contribution in [3.8, 4) is 0 Å². The van der Waals surface area contributed by atoms with E-state index in [9.17, 15) is 19.7 Å². The van der Waals surface area contributed by atoms with Crippen LogP contribution in [0.3, 0.4) is 0 Å². The first-order valence-corrected chi connectivity index (χ1v) is 11.6. The Morgan fingerprint density at radius 1 is 1.23 bits per heavy atom. The van der Waals surface area contributed by atoms with Crippen LogP contribution in [0.25, 0.3) is 16.8 Å². The van der Waals surface area contributed by atoms with Gasteiger partial charge in [-0.25, -0.2) is 9.79 Å². The number of aromatic nitrogens is 1. The number of carbonyl (C=O) groups is 1. The molecule has 1 aliphatic rings. The lowest BCUT2D eigenvalue weighted by atomic mass is 9.91. The highest BCUT2D eigenvalue weighted by atomic mass is 32.1. The summed E-state index contributed by atoms with van der Waals surface area (Å²) in [5, 5.41) is 12.8. The van der Waals surface area contributed by atoms with Gasteiger partial charge in [-0.15, -0.1) is 0 Å². The van der Waals surface area contributed by atoms with Crippen molar-refractivity contribution >= 4 is 40.0 Å². The van der Waals surface area contributed by atoms with E-state index in [4.69, 9.17) is 9.15 Å². The Hall–Kier alpha value is -4.31. The summed E-state index contributed by atoms with van der Waals surface area (Å²) < 4.78 is 12.3. The van der Waals surface area contributed by atoms with E-state index in [0.717, 1.165) is 27.7 Å². The van der Waals surface area contributed by atoms with Crippen molar-refractivity contribution in [3.05, 3.63) is 107 Å². The van der Waals surface area contributed by atoms with Crippen LogP contribution in [0.1, 0.15) is 31.2 Å². The third-order valence-corrected chi connectivity index (χ3v) is 6.68. The lowest BCUT2D eigenvalue weighted by molar-refractivity contribution is -0.402. The predicted octanol–water partition coefficient (Wildman–Crippen LogP) is 3.45. The summed E-state index contributed by atoms with van der Waals surface area (Å²) in [6.45, 7) is 3.62. The van der Waals surface area contributed by atoms with Crippen molar-refractivity contribution < 1.29 is 18.9 Å². The normalized spacial score (nSPS) is 15.7. The summed E-state index contributed by atoms with van der Waals surface area (Å²) in [7, 11) is 0. The molecule has 0 saturated heterocycles. The second-order valence-electron chi connectivity index (χ2n) is 7.80. The number of furan rings is 1. The SMILES string of the molecule is CCOC(=O)C1=C(C)N=c2s/c(=C\c3ccc([N+](=O)[O-])o3)c(=O)n2C1c1cccc2ccccc12. The molecule has 4 aromatic rings. The topological polar surface area (TPSA) is 117 Å². The molecule has 2 aromatic carbocycles. The quantitative estimate of drug-likeness (QED) is 0.241. The van der Waals surface area contributed by atoms with E-state index in [-0.39, 0.29) is 28.0 Å². The summed E-state index contributed by atoms with van der Waals surface area (Å²) in [4.78, 5) is 42.0. The third-order valence-electron chi connectivity index (χ3n) is 5.70. The molecule has 0 radical (unpaired) electrons. The maximum absolute atomic E-state index is 13.6. The van der Waals surface area contributed by atoms with E-state index in [1.165, 1.54) is 22.8 Å². The second kappa shape index (κ2) is 8.80. The summed E-state index contributed by atoms with van der Waals surface area (Å²) >= 11 is 1.12. The molecule has 10 heteroatoms. The van der Waals surface area contributed by atoms with Gasteiger partial charge in [0.1, 0.15) is 10.7 Å². The molecule has 1 atom stereocenters. The summed E-state index contributed by atoms with van der Waals surface area (Å²) in [5.41, 5.74) is 1.13. The van der Waals surface area contributed by atoms with Gasteiger partial charge in [-0.2, -0.15) is 0 Å². The number of benzene rings is 2. The number of rotatable bonds is 5. The molecule has 35 heavy (non-hydrogen) atoms. The van der Waals surface area contributed by atoms with Gasteiger partial charge in [0.2, 0.25) is 0 Å². The highest BCUT2D eigenvalue weighted by Gasteiger charge is 2.34. The molecule has 0 fully saturated rings. The van der Waals surface area contributed by atoms with Crippen LogP contribution in [0.15, 0.2) is 80.1 Å². The highest BCUT2D eigenvalue weighted by Crippen LogP contribution is 2.34. The van der Waals surface area contributed by atoms with E-state index in [1.54, 1.807) is 13.8 Å². The number of nitrogens with zero attached hydrogens (tertiary/aromatic N) is 3. The molecule has 0 N–H and O–H groups in total. The average molecular weight is 490 g/mol. The lowest BCUT2D eigenvalue weighted by Crippen LogP contribution is -2.40. The Morgan fingerprint density at radius 3 is 2.74 bits per heavy atom. The summed E-state index contributed by atoms with van der Waals surface area (Å²) in [5.74, 6) is -0.786. The number of ether oxygens (including phenoxy) is 1. The molecule has 0 saturated carbocycles. The minimum atomic E-state index is -0.760. The van der Waals surface area contributed by atoms with Crippen molar-refractivity contribution in [2.24, 2.45) is 4.99 Å². The van der Waals surface area contributed by atoms with E-state index < -0.39 is 22.8 Å². The molecular weight excluding hydrogens is 470 g/mol. The Balaban J connectivity index is 1.78.